The molecule has 0 aromatic heterocycles. The fourth-order valence-electron chi connectivity index (χ4n) is 4.26. The van der Waals surface area contributed by atoms with Gasteiger partial charge in [0.15, 0.2) is 0 Å². The van der Waals surface area contributed by atoms with Crippen molar-refractivity contribution >= 4 is 17.3 Å². The van der Waals surface area contributed by atoms with E-state index in [-0.39, 0.29) is 22.6 Å². The topological polar surface area (TPSA) is 86.6 Å². The summed E-state index contributed by atoms with van der Waals surface area (Å²) < 4.78 is 0. The van der Waals surface area contributed by atoms with Crippen LogP contribution < -0.4 is 5.32 Å². The highest BCUT2D eigenvalue weighted by Crippen LogP contribution is 2.37. The number of unbranched alkanes of at least 4 members (excludes halogenated alkanes) is 7. The minimum absolute atomic E-state index is 0.00485. The number of phenolic OH excluding ortho intramolecular Hbond substituents is 1. The third-order valence-corrected chi connectivity index (χ3v) is 6.05. The normalized spacial score (nSPS) is 14.5. The molecule has 1 unspecified atom stereocenters. The van der Waals surface area contributed by atoms with Crippen LogP contribution in [0.4, 0.5) is 0 Å². The SMILES string of the molecule is CCCCCCCCCCNC(C1=C(O)c2ccccc2C(=O)C1=O)c1ccccc1O. The van der Waals surface area contributed by atoms with E-state index < -0.39 is 17.6 Å². The highest BCUT2D eigenvalue weighted by atomic mass is 16.3. The van der Waals surface area contributed by atoms with Gasteiger partial charge >= 0.3 is 0 Å². The van der Waals surface area contributed by atoms with Crippen molar-refractivity contribution in [2.75, 3.05) is 6.54 Å². The number of Topliss-reactive ketones (excluding diaryl/α,β-unsaturated/α-hetero) is 2. The lowest BCUT2D eigenvalue weighted by Crippen LogP contribution is -2.34. The standard InChI is InChI=1S/C27H33NO4/c1-2-3-4-5-6-7-8-13-18-28-24(21-16-11-12-17-22(21)29)23-25(30)19-14-9-10-15-20(19)26(31)27(23)32/h9-12,14-17,24,28-30H,2-8,13,18H2,1H3. The fourth-order valence-corrected chi connectivity index (χ4v) is 4.26. The van der Waals surface area contributed by atoms with E-state index in [2.05, 4.69) is 12.2 Å². The lowest BCUT2D eigenvalue weighted by molar-refractivity contribution is -0.112. The number of rotatable bonds is 12. The fraction of sp³-hybridized carbons (Fsp3) is 0.407. The van der Waals surface area contributed by atoms with Crippen LogP contribution in [0.1, 0.15) is 85.8 Å². The van der Waals surface area contributed by atoms with E-state index in [1.54, 1.807) is 48.5 Å². The van der Waals surface area contributed by atoms with E-state index in [1.165, 1.54) is 32.1 Å². The number of hydrogen-bond donors (Lipinski definition) is 3. The van der Waals surface area contributed by atoms with Gasteiger partial charge in [0.05, 0.1) is 11.6 Å². The maximum absolute atomic E-state index is 13.0. The molecule has 32 heavy (non-hydrogen) atoms. The van der Waals surface area contributed by atoms with Crippen LogP contribution in [0.5, 0.6) is 5.75 Å². The number of para-hydroxylation sites is 1. The Balaban J connectivity index is 1.77. The molecule has 0 spiro atoms. The number of nitrogens with one attached hydrogen (secondary N) is 1. The third-order valence-electron chi connectivity index (χ3n) is 6.05. The van der Waals surface area contributed by atoms with Crippen molar-refractivity contribution in [2.24, 2.45) is 0 Å². The number of carbonyl (C=O) groups is 2. The lowest BCUT2D eigenvalue weighted by Gasteiger charge is -2.26. The molecule has 170 valence electrons. The number of aliphatic hydroxyl groups is 1. The van der Waals surface area contributed by atoms with Crippen LogP contribution in [-0.4, -0.2) is 28.3 Å². The van der Waals surface area contributed by atoms with Crippen molar-refractivity contribution in [3.05, 3.63) is 70.8 Å². The van der Waals surface area contributed by atoms with Gasteiger partial charge in [-0.05, 0) is 19.0 Å². The van der Waals surface area contributed by atoms with Crippen molar-refractivity contribution in [2.45, 2.75) is 64.3 Å². The molecule has 2 aromatic carbocycles. The van der Waals surface area contributed by atoms with Gasteiger partial charge in [0.2, 0.25) is 11.6 Å². The predicted octanol–water partition coefficient (Wildman–Crippen LogP) is 5.90. The summed E-state index contributed by atoms with van der Waals surface area (Å²) in [4.78, 5) is 25.7. The molecule has 0 fully saturated rings. The van der Waals surface area contributed by atoms with E-state index in [0.717, 1.165) is 19.3 Å². The Kier molecular flexibility index (Phi) is 8.63. The second kappa shape index (κ2) is 11.6. The maximum atomic E-state index is 13.0. The molecular weight excluding hydrogens is 402 g/mol. The molecule has 0 heterocycles. The van der Waals surface area contributed by atoms with E-state index in [4.69, 9.17) is 0 Å². The Morgan fingerprint density at radius 2 is 1.34 bits per heavy atom. The highest BCUT2D eigenvalue weighted by Gasteiger charge is 2.37. The minimum Gasteiger partial charge on any atom is -0.508 e. The van der Waals surface area contributed by atoms with Crippen LogP contribution in [0.2, 0.25) is 0 Å². The van der Waals surface area contributed by atoms with E-state index in [0.29, 0.717) is 17.7 Å². The smallest absolute Gasteiger partial charge is 0.235 e. The summed E-state index contributed by atoms with van der Waals surface area (Å²) in [6.45, 7) is 2.82. The zero-order chi connectivity index (χ0) is 22.9. The number of aliphatic hydroxyl groups excluding tert-OH is 1. The van der Waals surface area contributed by atoms with Gasteiger partial charge < -0.3 is 15.5 Å². The maximum Gasteiger partial charge on any atom is 0.235 e. The number of ketones is 2. The molecule has 0 saturated heterocycles. The van der Waals surface area contributed by atoms with Gasteiger partial charge in [0.1, 0.15) is 11.5 Å². The summed E-state index contributed by atoms with van der Waals surface area (Å²) in [6.07, 6.45) is 9.43. The Hall–Kier alpha value is -2.92. The van der Waals surface area contributed by atoms with Crippen molar-refractivity contribution in [1.82, 2.24) is 5.32 Å². The van der Waals surface area contributed by atoms with Crippen molar-refractivity contribution < 1.29 is 19.8 Å². The Morgan fingerprint density at radius 3 is 2.03 bits per heavy atom. The second-order valence-corrected chi connectivity index (χ2v) is 8.39. The number of carbonyl (C=O) groups excluding carboxylic acids is 2. The molecule has 5 nitrogen and oxygen atoms in total. The monoisotopic (exact) mass is 435 g/mol. The average Bonchev–Trinajstić information content (AvgIpc) is 2.81. The van der Waals surface area contributed by atoms with Gasteiger partial charge in [-0.3, -0.25) is 9.59 Å². The first-order valence-electron chi connectivity index (χ1n) is 11.7. The molecule has 1 aliphatic carbocycles. The summed E-state index contributed by atoms with van der Waals surface area (Å²) in [5.41, 5.74) is 1.02. The summed E-state index contributed by atoms with van der Waals surface area (Å²) in [6, 6.07) is 12.5. The number of benzene rings is 2. The summed E-state index contributed by atoms with van der Waals surface area (Å²) in [5, 5.41) is 24.7. The highest BCUT2D eigenvalue weighted by molar-refractivity contribution is 6.52. The van der Waals surface area contributed by atoms with Crippen LogP contribution in [0.3, 0.4) is 0 Å². The number of aromatic hydroxyl groups is 1. The average molecular weight is 436 g/mol. The predicted molar refractivity (Wildman–Crippen MR) is 127 cm³/mol. The molecule has 5 heteroatoms. The van der Waals surface area contributed by atoms with Crippen LogP contribution in [0, 0.1) is 0 Å². The Bertz CT molecular complexity index is 979. The minimum atomic E-state index is -0.773. The molecule has 0 radical (unpaired) electrons. The van der Waals surface area contributed by atoms with Crippen molar-refractivity contribution in [1.29, 1.82) is 0 Å². The summed E-state index contributed by atoms with van der Waals surface area (Å²) >= 11 is 0. The first-order valence-corrected chi connectivity index (χ1v) is 11.7. The van der Waals surface area contributed by atoms with Gasteiger partial charge in [-0.15, -0.1) is 0 Å². The second-order valence-electron chi connectivity index (χ2n) is 8.39. The molecule has 0 saturated carbocycles. The quantitative estimate of drug-likeness (QED) is 0.285. The lowest BCUT2D eigenvalue weighted by atomic mass is 9.83. The molecule has 2 aromatic rings. The van der Waals surface area contributed by atoms with Crippen LogP contribution >= 0.6 is 0 Å². The first kappa shape index (κ1) is 23.7. The molecule has 0 amide bonds. The molecule has 3 rings (SSSR count). The molecular formula is C27H33NO4. The zero-order valence-corrected chi connectivity index (χ0v) is 18.8. The number of fused-ring (bicyclic) bond motifs is 1. The molecule has 3 N–H and O–H groups in total. The molecule has 0 aliphatic heterocycles. The van der Waals surface area contributed by atoms with E-state index in [9.17, 15) is 19.8 Å². The Morgan fingerprint density at radius 1 is 0.750 bits per heavy atom. The van der Waals surface area contributed by atoms with Crippen molar-refractivity contribution in [3.8, 4) is 5.75 Å². The van der Waals surface area contributed by atoms with Gasteiger partial charge in [0, 0.05) is 16.7 Å². The zero-order valence-electron chi connectivity index (χ0n) is 18.8. The van der Waals surface area contributed by atoms with Crippen LogP contribution in [0.15, 0.2) is 54.1 Å². The van der Waals surface area contributed by atoms with Gasteiger partial charge in [-0.25, -0.2) is 0 Å². The van der Waals surface area contributed by atoms with E-state index >= 15 is 0 Å². The van der Waals surface area contributed by atoms with Crippen LogP contribution in [0.25, 0.3) is 5.76 Å². The number of hydrogen-bond acceptors (Lipinski definition) is 5. The van der Waals surface area contributed by atoms with E-state index in [1.807, 2.05) is 0 Å². The number of phenols is 1. The molecule has 0 bridgehead atoms. The first-order chi connectivity index (χ1) is 15.6. The van der Waals surface area contributed by atoms with Crippen LogP contribution in [-0.2, 0) is 4.79 Å². The largest absolute Gasteiger partial charge is 0.508 e. The molecule has 1 atom stereocenters. The summed E-state index contributed by atoms with van der Waals surface area (Å²) in [7, 11) is 0. The van der Waals surface area contributed by atoms with Crippen molar-refractivity contribution in [3.63, 3.8) is 0 Å². The molecule has 1 aliphatic rings. The summed E-state index contributed by atoms with van der Waals surface area (Å²) in [5.74, 6) is -1.57. The van der Waals surface area contributed by atoms with Gasteiger partial charge in [-0.1, -0.05) is 94.3 Å². The van der Waals surface area contributed by atoms with Gasteiger partial charge in [-0.2, -0.15) is 0 Å². The van der Waals surface area contributed by atoms with Gasteiger partial charge in [0.25, 0.3) is 0 Å². The third kappa shape index (κ3) is 5.46. The Labute approximate surface area is 190 Å².